The van der Waals surface area contributed by atoms with E-state index in [1.165, 1.54) is 5.56 Å². The van der Waals surface area contributed by atoms with E-state index < -0.39 is 0 Å². The number of carbonyl (C=O) groups excluding carboxylic acids is 1. The van der Waals surface area contributed by atoms with Crippen LogP contribution in [-0.4, -0.2) is 28.8 Å². The van der Waals surface area contributed by atoms with Crippen molar-refractivity contribution in [3.05, 3.63) is 83.7 Å². The number of benzene rings is 2. The van der Waals surface area contributed by atoms with Crippen LogP contribution in [0, 0.1) is 0 Å². The van der Waals surface area contributed by atoms with Gasteiger partial charge in [0, 0.05) is 18.4 Å². The monoisotopic (exact) mass is 396 g/mol. The van der Waals surface area contributed by atoms with E-state index in [-0.39, 0.29) is 18.3 Å². The Kier molecular flexibility index (Phi) is 6.85. The molecule has 1 amide bonds. The van der Waals surface area contributed by atoms with Gasteiger partial charge in [-0.25, -0.2) is 0 Å². The van der Waals surface area contributed by atoms with Crippen LogP contribution < -0.4 is 10.6 Å². The lowest BCUT2D eigenvalue weighted by molar-refractivity contribution is 0.102. The summed E-state index contributed by atoms with van der Waals surface area (Å²) in [6.07, 6.45) is 4.91. The number of para-hydroxylation sites is 1. The molecule has 0 spiro atoms. The molecule has 0 radical (unpaired) electrons. The molecule has 3 aromatic rings. The predicted molar refractivity (Wildman–Crippen MR) is 114 cm³/mol. The number of nitrogens with zero attached hydrogens (tertiary/aromatic N) is 2. The first-order valence-electron chi connectivity index (χ1n) is 9.48. The van der Waals surface area contributed by atoms with Gasteiger partial charge in [-0.1, -0.05) is 48.5 Å². The van der Waals surface area contributed by atoms with Crippen molar-refractivity contribution in [2.45, 2.75) is 25.3 Å². The third-order valence-corrected chi connectivity index (χ3v) is 4.99. The number of amides is 1. The molecule has 6 heteroatoms. The fourth-order valence-electron chi connectivity index (χ4n) is 3.52. The van der Waals surface area contributed by atoms with Crippen LogP contribution >= 0.6 is 12.4 Å². The molecule has 0 bridgehead atoms. The van der Waals surface area contributed by atoms with Gasteiger partial charge in [0.1, 0.15) is 0 Å². The fraction of sp³-hybridized carbons (Fsp3) is 0.273. The van der Waals surface area contributed by atoms with Gasteiger partial charge in [-0.05, 0) is 49.1 Å². The van der Waals surface area contributed by atoms with Crippen molar-refractivity contribution >= 4 is 24.0 Å². The summed E-state index contributed by atoms with van der Waals surface area (Å²) in [6.45, 7) is 1.96. The second kappa shape index (κ2) is 9.53. The van der Waals surface area contributed by atoms with Gasteiger partial charge in [-0.3, -0.25) is 9.48 Å². The Labute approximate surface area is 171 Å². The van der Waals surface area contributed by atoms with Crippen LogP contribution in [0.3, 0.4) is 0 Å². The lowest BCUT2D eigenvalue weighted by Crippen LogP contribution is -2.32. The number of halogens is 1. The van der Waals surface area contributed by atoms with Gasteiger partial charge in [0.25, 0.3) is 5.91 Å². The van der Waals surface area contributed by atoms with Gasteiger partial charge < -0.3 is 10.6 Å². The standard InChI is InChI=1S/C22H24N4O.ClH/c27-22(21-12-14-26(25-21)19-10-6-13-23-16-19)24-20-11-5-4-9-18(20)15-17-7-2-1-3-8-17;/h1-5,7-9,11-12,14,19,23H,6,10,13,15-16H2,(H,24,27);1H. The first-order chi connectivity index (χ1) is 13.3. The van der Waals surface area contributed by atoms with Gasteiger partial charge in [0.2, 0.25) is 0 Å². The van der Waals surface area contributed by atoms with Gasteiger partial charge in [-0.2, -0.15) is 5.10 Å². The molecule has 28 heavy (non-hydrogen) atoms. The van der Waals surface area contributed by atoms with Crippen molar-refractivity contribution in [2.75, 3.05) is 18.4 Å². The zero-order valence-corrected chi connectivity index (χ0v) is 16.5. The van der Waals surface area contributed by atoms with Gasteiger partial charge in [0.15, 0.2) is 5.69 Å². The zero-order valence-electron chi connectivity index (χ0n) is 15.7. The highest BCUT2D eigenvalue weighted by molar-refractivity contribution is 6.03. The van der Waals surface area contributed by atoms with Crippen molar-refractivity contribution in [1.29, 1.82) is 0 Å². The minimum absolute atomic E-state index is 0. The SMILES string of the molecule is Cl.O=C(Nc1ccccc1Cc1ccccc1)c1ccn(C2CCCNC2)n1. The number of rotatable bonds is 5. The van der Waals surface area contributed by atoms with E-state index >= 15 is 0 Å². The molecule has 1 fully saturated rings. The highest BCUT2D eigenvalue weighted by Crippen LogP contribution is 2.20. The third kappa shape index (κ3) is 4.80. The van der Waals surface area contributed by atoms with Crippen LogP contribution in [0.2, 0.25) is 0 Å². The highest BCUT2D eigenvalue weighted by atomic mass is 35.5. The van der Waals surface area contributed by atoms with Gasteiger partial charge >= 0.3 is 0 Å². The second-order valence-electron chi connectivity index (χ2n) is 6.95. The molecule has 2 N–H and O–H groups in total. The Balaban J connectivity index is 0.00000225. The summed E-state index contributed by atoms with van der Waals surface area (Å²) in [4.78, 5) is 12.7. The number of piperidine rings is 1. The van der Waals surface area contributed by atoms with Gasteiger partial charge in [0.05, 0.1) is 6.04 Å². The van der Waals surface area contributed by atoms with Crippen LogP contribution in [0.4, 0.5) is 5.69 Å². The van der Waals surface area contributed by atoms with Crippen molar-refractivity contribution in [3.8, 4) is 0 Å². The molecule has 1 atom stereocenters. The lowest BCUT2D eigenvalue weighted by atomic mass is 10.0. The van der Waals surface area contributed by atoms with Crippen LogP contribution in [0.1, 0.15) is 40.5 Å². The third-order valence-electron chi connectivity index (χ3n) is 4.99. The quantitative estimate of drug-likeness (QED) is 0.683. The molecule has 0 aliphatic carbocycles. The molecule has 4 rings (SSSR count). The fourth-order valence-corrected chi connectivity index (χ4v) is 3.52. The maximum Gasteiger partial charge on any atom is 0.276 e. The largest absolute Gasteiger partial charge is 0.320 e. The summed E-state index contributed by atoms with van der Waals surface area (Å²) >= 11 is 0. The highest BCUT2D eigenvalue weighted by Gasteiger charge is 2.18. The van der Waals surface area contributed by atoms with Crippen LogP contribution in [0.25, 0.3) is 0 Å². The molecule has 1 unspecified atom stereocenters. The molecule has 146 valence electrons. The molecule has 2 aromatic carbocycles. The summed E-state index contributed by atoms with van der Waals surface area (Å²) in [5.74, 6) is -0.168. The maximum atomic E-state index is 12.7. The summed E-state index contributed by atoms with van der Waals surface area (Å²) in [6, 6.07) is 20.3. The summed E-state index contributed by atoms with van der Waals surface area (Å²) in [5, 5.41) is 10.9. The van der Waals surface area contributed by atoms with Crippen LogP contribution in [0.5, 0.6) is 0 Å². The molecule has 2 heterocycles. The van der Waals surface area contributed by atoms with E-state index in [9.17, 15) is 4.79 Å². The first kappa shape index (κ1) is 20.1. The molecule has 5 nitrogen and oxygen atoms in total. The minimum atomic E-state index is -0.168. The Bertz CT molecular complexity index is 904. The van der Waals surface area contributed by atoms with E-state index in [1.54, 1.807) is 6.07 Å². The van der Waals surface area contributed by atoms with E-state index in [1.807, 2.05) is 47.3 Å². The van der Waals surface area contributed by atoms with Crippen molar-refractivity contribution in [1.82, 2.24) is 15.1 Å². The number of carbonyl (C=O) groups is 1. The Morgan fingerprint density at radius 3 is 2.68 bits per heavy atom. The summed E-state index contributed by atoms with van der Waals surface area (Å²) in [5.41, 5.74) is 3.59. The molecule has 1 aliphatic rings. The zero-order chi connectivity index (χ0) is 18.5. The topological polar surface area (TPSA) is 59.0 Å². The predicted octanol–water partition coefficient (Wildman–Crippen LogP) is 4.07. The summed E-state index contributed by atoms with van der Waals surface area (Å²) < 4.78 is 1.91. The van der Waals surface area contributed by atoms with E-state index in [2.05, 4.69) is 33.9 Å². The average Bonchev–Trinajstić information content (AvgIpc) is 3.21. The van der Waals surface area contributed by atoms with Crippen LogP contribution in [-0.2, 0) is 6.42 Å². The maximum absolute atomic E-state index is 12.7. The Morgan fingerprint density at radius 1 is 1.11 bits per heavy atom. The molecule has 1 aliphatic heterocycles. The smallest absolute Gasteiger partial charge is 0.276 e. The normalized spacial score (nSPS) is 16.2. The number of nitrogens with one attached hydrogen (secondary N) is 2. The average molecular weight is 397 g/mol. The molecule has 0 saturated carbocycles. The number of hydrogen-bond donors (Lipinski definition) is 2. The van der Waals surface area contributed by atoms with Crippen molar-refractivity contribution in [2.24, 2.45) is 0 Å². The molecule has 1 saturated heterocycles. The van der Waals surface area contributed by atoms with Crippen molar-refractivity contribution in [3.63, 3.8) is 0 Å². The second-order valence-corrected chi connectivity index (χ2v) is 6.95. The summed E-state index contributed by atoms with van der Waals surface area (Å²) in [7, 11) is 0. The van der Waals surface area contributed by atoms with E-state index in [0.29, 0.717) is 11.7 Å². The minimum Gasteiger partial charge on any atom is -0.320 e. The van der Waals surface area contributed by atoms with Crippen LogP contribution in [0.15, 0.2) is 66.9 Å². The number of anilines is 1. The Morgan fingerprint density at radius 2 is 1.89 bits per heavy atom. The van der Waals surface area contributed by atoms with Crippen molar-refractivity contribution < 1.29 is 4.79 Å². The lowest BCUT2D eigenvalue weighted by Gasteiger charge is -2.22. The first-order valence-corrected chi connectivity index (χ1v) is 9.48. The number of hydrogen-bond acceptors (Lipinski definition) is 3. The van der Waals surface area contributed by atoms with Gasteiger partial charge in [-0.15, -0.1) is 12.4 Å². The van der Waals surface area contributed by atoms with E-state index in [0.717, 1.165) is 43.6 Å². The molecular weight excluding hydrogens is 372 g/mol. The Hall–Kier alpha value is -2.63. The molecule has 1 aromatic heterocycles. The number of aromatic nitrogens is 2. The van der Waals surface area contributed by atoms with E-state index in [4.69, 9.17) is 0 Å². The molecular formula is C22H25ClN4O.